The smallest absolute Gasteiger partial charge is 0.306 e. The largest absolute Gasteiger partial charge is 0.462 e. The number of rotatable bonds is 52. The Kier molecular flexibility index (Phi) is 50.1. The monoisotopic (exact) mass is 891 g/mol. The third kappa shape index (κ3) is 51.3. The van der Waals surface area contributed by atoms with Crippen molar-refractivity contribution in [2.24, 2.45) is 5.92 Å². The van der Waals surface area contributed by atoms with Crippen molar-refractivity contribution in [1.29, 1.82) is 0 Å². The first-order valence-corrected chi connectivity index (χ1v) is 28.4. The fourth-order valence-corrected chi connectivity index (χ4v) is 8.75. The Labute approximate surface area is 393 Å². The molecule has 374 valence electrons. The zero-order valence-electron chi connectivity index (χ0n) is 43.0. The second kappa shape index (κ2) is 51.4. The van der Waals surface area contributed by atoms with Crippen LogP contribution >= 0.6 is 0 Å². The summed E-state index contributed by atoms with van der Waals surface area (Å²) in [6, 6.07) is 0. The molecule has 0 aliphatic heterocycles. The normalized spacial score (nSPS) is 12.0. The summed E-state index contributed by atoms with van der Waals surface area (Å²) in [5, 5.41) is 0. The van der Waals surface area contributed by atoms with Crippen LogP contribution < -0.4 is 0 Å². The number of carbonyl (C=O) groups is 3. The van der Waals surface area contributed by atoms with Crippen molar-refractivity contribution in [2.75, 3.05) is 13.2 Å². The SMILES string of the molecule is CCCCCCCCCCCCCCCCCC(=O)O[C@H](COC(=O)CCCCCCCCCCC)COC(=O)CCCCCCCCCCCCCCCCCCCCC(C)C. The maximum Gasteiger partial charge on any atom is 0.306 e. The van der Waals surface area contributed by atoms with Crippen molar-refractivity contribution < 1.29 is 28.6 Å². The average Bonchev–Trinajstić information content (AvgIpc) is 3.27. The lowest BCUT2D eigenvalue weighted by molar-refractivity contribution is -0.167. The molecule has 6 nitrogen and oxygen atoms in total. The zero-order valence-corrected chi connectivity index (χ0v) is 43.0. The van der Waals surface area contributed by atoms with Gasteiger partial charge in [-0.05, 0) is 25.2 Å². The maximum atomic E-state index is 12.8. The van der Waals surface area contributed by atoms with Gasteiger partial charge in [-0.2, -0.15) is 0 Å². The highest BCUT2D eigenvalue weighted by molar-refractivity contribution is 5.71. The molecule has 0 bridgehead atoms. The highest BCUT2D eigenvalue weighted by Crippen LogP contribution is 2.18. The number of hydrogen-bond acceptors (Lipinski definition) is 6. The molecule has 0 aromatic heterocycles. The molecule has 0 amide bonds. The van der Waals surface area contributed by atoms with Gasteiger partial charge in [0, 0.05) is 19.3 Å². The highest BCUT2D eigenvalue weighted by Gasteiger charge is 2.19. The van der Waals surface area contributed by atoms with Crippen LogP contribution in [0.5, 0.6) is 0 Å². The summed E-state index contributed by atoms with van der Waals surface area (Å²) in [6.45, 7) is 9.05. The molecule has 0 aliphatic carbocycles. The molecule has 0 fully saturated rings. The van der Waals surface area contributed by atoms with Gasteiger partial charge >= 0.3 is 17.9 Å². The number of carbonyl (C=O) groups excluding carboxylic acids is 3. The summed E-state index contributed by atoms with van der Waals surface area (Å²) in [5.74, 6) is 0.0189. The molecule has 6 heteroatoms. The van der Waals surface area contributed by atoms with E-state index >= 15 is 0 Å². The first-order valence-electron chi connectivity index (χ1n) is 28.4. The predicted molar refractivity (Wildman–Crippen MR) is 270 cm³/mol. The first kappa shape index (κ1) is 61.4. The van der Waals surface area contributed by atoms with Gasteiger partial charge in [0.1, 0.15) is 13.2 Å². The van der Waals surface area contributed by atoms with Crippen LogP contribution in [0.4, 0.5) is 0 Å². The fraction of sp³-hybridized carbons (Fsp3) is 0.947. The molecule has 0 saturated heterocycles. The van der Waals surface area contributed by atoms with Crippen LogP contribution in [0.2, 0.25) is 0 Å². The molecule has 0 spiro atoms. The zero-order chi connectivity index (χ0) is 45.9. The molecule has 0 rings (SSSR count). The Morgan fingerprint density at radius 2 is 0.524 bits per heavy atom. The molecular formula is C57H110O6. The average molecular weight is 892 g/mol. The van der Waals surface area contributed by atoms with E-state index in [0.29, 0.717) is 19.3 Å². The van der Waals surface area contributed by atoms with Crippen LogP contribution in [0.1, 0.15) is 323 Å². The van der Waals surface area contributed by atoms with E-state index in [4.69, 9.17) is 14.2 Å². The molecule has 0 saturated carbocycles. The molecule has 0 aromatic rings. The van der Waals surface area contributed by atoms with E-state index in [-0.39, 0.29) is 31.1 Å². The molecule has 0 N–H and O–H groups in total. The number of ether oxygens (including phenoxy) is 3. The fourth-order valence-electron chi connectivity index (χ4n) is 8.75. The van der Waals surface area contributed by atoms with Gasteiger partial charge in [0.2, 0.25) is 0 Å². The Morgan fingerprint density at radius 3 is 0.778 bits per heavy atom. The lowest BCUT2D eigenvalue weighted by atomic mass is 10.0. The highest BCUT2D eigenvalue weighted by atomic mass is 16.6. The Bertz CT molecular complexity index is 949. The van der Waals surface area contributed by atoms with E-state index in [1.807, 2.05) is 0 Å². The topological polar surface area (TPSA) is 78.9 Å². The van der Waals surface area contributed by atoms with Crippen LogP contribution in [0, 0.1) is 5.92 Å². The minimum atomic E-state index is -0.760. The molecule has 0 heterocycles. The van der Waals surface area contributed by atoms with Gasteiger partial charge in [0.25, 0.3) is 0 Å². The second-order valence-corrected chi connectivity index (χ2v) is 20.1. The molecule has 0 unspecified atom stereocenters. The van der Waals surface area contributed by atoms with Crippen molar-refractivity contribution in [3.05, 3.63) is 0 Å². The number of esters is 3. The van der Waals surface area contributed by atoms with Crippen LogP contribution in [0.15, 0.2) is 0 Å². The third-order valence-corrected chi connectivity index (χ3v) is 13.0. The predicted octanol–water partition coefficient (Wildman–Crippen LogP) is 18.6. The third-order valence-electron chi connectivity index (χ3n) is 13.0. The summed E-state index contributed by atoms with van der Waals surface area (Å²) < 4.78 is 16.8. The number of unbranched alkanes of at least 4 members (excludes halogenated alkanes) is 39. The van der Waals surface area contributed by atoms with E-state index in [0.717, 1.165) is 63.7 Å². The van der Waals surface area contributed by atoms with Gasteiger partial charge in [0.15, 0.2) is 6.10 Å². The summed E-state index contributed by atoms with van der Waals surface area (Å²) >= 11 is 0. The lowest BCUT2D eigenvalue weighted by Gasteiger charge is -2.18. The number of hydrogen-bond donors (Lipinski definition) is 0. The van der Waals surface area contributed by atoms with E-state index in [1.54, 1.807) is 0 Å². The Morgan fingerprint density at radius 1 is 0.302 bits per heavy atom. The Balaban J connectivity index is 4.18. The van der Waals surface area contributed by atoms with E-state index in [1.165, 1.54) is 218 Å². The standard InChI is InChI=1S/C57H110O6/c1-5-7-9-11-13-15-16-17-22-27-30-34-38-42-46-50-57(60)63-54(51-61-55(58)48-44-40-36-31-14-12-10-8-6-2)52-62-56(59)49-45-41-37-33-29-26-24-21-19-18-20-23-25-28-32-35-39-43-47-53(3)4/h53-54H,5-52H2,1-4H3/t54-/m1/s1. The van der Waals surface area contributed by atoms with E-state index in [2.05, 4.69) is 27.7 Å². The van der Waals surface area contributed by atoms with E-state index in [9.17, 15) is 14.4 Å². The maximum absolute atomic E-state index is 12.8. The lowest BCUT2D eigenvalue weighted by Crippen LogP contribution is -2.30. The quantitative estimate of drug-likeness (QED) is 0.0344. The first-order chi connectivity index (χ1) is 30.9. The van der Waals surface area contributed by atoms with Crippen molar-refractivity contribution in [3.8, 4) is 0 Å². The molecule has 63 heavy (non-hydrogen) atoms. The minimum absolute atomic E-state index is 0.0621. The van der Waals surface area contributed by atoms with Gasteiger partial charge in [0.05, 0.1) is 0 Å². The molecule has 0 aliphatic rings. The van der Waals surface area contributed by atoms with Crippen molar-refractivity contribution in [1.82, 2.24) is 0 Å². The van der Waals surface area contributed by atoms with Crippen molar-refractivity contribution in [3.63, 3.8) is 0 Å². The van der Waals surface area contributed by atoms with Gasteiger partial charge in [-0.3, -0.25) is 14.4 Å². The molecule has 0 aromatic carbocycles. The van der Waals surface area contributed by atoms with Crippen LogP contribution in [-0.2, 0) is 28.6 Å². The van der Waals surface area contributed by atoms with Gasteiger partial charge in [-0.1, -0.05) is 285 Å². The van der Waals surface area contributed by atoms with Gasteiger partial charge < -0.3 is 14.2 Å². The summed E-state index contributed by atoms with van der Waals surface area (Å²) in [4.78, 5) is 38.0. The molecule has 0 radical (unpaired) electrons. The second-order valence-electron chi connectivity index (χ2n) is 20.1. The summed E-state index contributed by atoms with van der Waals surface area (Å²) in [7, 11) is 0. The summed E-state index contributed by atoms with van der Waals surface area (Å²) in [6.07, 6.45) is 55.3. The van der Waals surface area contributed by atoms with E-state index < -0.39 is 6.10 Å². The summed E-state index contributed by atoms with van der Waals surface area (Å²) in [5.41, 5.74) is 0. The Hall–Kier alpha value is -1.59. The van der Waals surface area contributed by atoms with Crippen molar-refractivity contribution in [2.45, 2.75) is 329 Å². The molecule has 1 atom stereocenters. The minimum Gasteiger partial charge on any atom is -0.462 e. The van der Waals surface area contributed by atoms with Crippen molar-refractivity contribution >= 4 is 17.9 Å². The van der Waals surface area contributed by atoms with Gasteiger partial charge in [-0.25, -0.2) is 0 Å². The van der Waals surface area contributed by atoms with Crippen LogP contribution in [-0.4, -0.2) is 37.2 Å². The van der Waals surface area contributed by atoms with Crippen LogP contribution in [0.25, 0.3) is 0 Å². The van der Waals surface area contributed by atoms with Crippen LogP contribution in [0.3, 0.4) is 0 Å². The van der Waals surface area contributed by atoms with Gasteiger partial charge in [-0.15, -0.1) is 0 Å². The molecular weight excluding hydrogens is 781 g/mol.